The summed E-state index contributed by atoms with van der Waals surface area (Å²) in [6.45, 7) is 4.31. The third kappa shape index (κ3) is 2.77. The molecule has 0 saturated heterocycles. The lowest BCUT2D eigenvalue weighted by atomic mass is 10.1. The zero-order valence-electron chi connectivity index (χ0n) is 8.43. The van der Waals surface area contributed by atoms with Gasteiger partial charge in [-0.1, -0.05) is 36.8 Å². The Morgan fingerprint density at radius 3 is 2.21 bits per heavy atom. The van der Waals surface area contributed by atoms with E-state index in [2.05, 4.69) is 5.32 Å². The van der Waals surface area contributed by atoms with Crippen LogP contribution in [-0.2, 0) is 0 Å². The lowest BCUT2D eigenvalue weighted by molar-refractivity contribution is 0.0993. The third-order valence-electron chi connectivity index (χ3n) is 2.11. The van der Waals surface area contributed by atoms with E-state index in [4.69, 9.17) is 0 Å². The molecular formula is C11H15F2N. The molecular weight excluding hydrogens is 184 g/mol. The molecule has 0 radical (unpaired) electrons. The van der Waals surface area contributed by atoms with Gasteiger partial charge in [-0.3, -0.25) is 0 Å². The first-order valence-electron chi connectivity index (χ1n) is 4.73. The van der Waals surface area contributed by atoms with Crippen LogP contribution in [0.4, 0.5) is 8.78 Å². The molecule has 3 heteroatoms. The number of alkyl halides is 2. The van der Waals surface area contributed by atoms with E-state index < -0.39 is 12.5 Å². The highest BCUT2D eigenvalue weighted by atomic mass is 19.3. The lowest BCUT2D eigenvalue weighted by Gasteiger charge is -2.17. The first kappa shape index (κ1) is 11.1. The van der Waals surface area contributed by atoms with Crippen molar-refractivity contribution in [2.24, 2.45) is 0 Å². The van der Waals surface area contributed by atoms with Crippen LogP contribution in [0, 0.1) is 6.92 Å². The summed E-state index contributed by atoms with van der Waals surface area (Å²) in [7, 11) is 0. The normalized spacial score (nSPS) is 13.2. The Bertz CT molecular complexity index is 269. The minimum atomic E-state index is -2.36. The summed E-state index contributed by atoms with van der Waals surface area (Å²) < 4.78 is 25.2. The molecule has 1 unspecified atom stereocenters. The van der Waals surface area contributed by atoms with Gasteiger partial charge in [0.2, 0.25) is 0 Å². The molecule has 0 heterocycles. The molecule has 1 N–H and O–H groups in total. The van der Waals surface area contributed by atoms with E-state index >= 15 is 0 Å². The van der Waals surface area contributed by atoms with E-state index in [1.165, 1.54) is 0 Å². The van der Waals surface area contributed by atoms with Gasteiger partial charge in [0, 0.05) is 0 Å². The number of benzene rings is 1. The van der Waals surface area contributed by atoms with E-state index in [-0.39, 0.29) is 0 Å². The molecule has 0 bridgehead atoms. The molecule has 0 fully saturated rings. The molecule has 0 saturated carbocycles. The van der Waals surface area contributed by atoms with Crippen LogP contribution in [0.25, 0.3) is 0 Å². The number of hydrogen-bond donors (Lipinski definition) is 1. The molecule has 0 aliphatic carbocycles. The summed E-state index contributed by atoms with van der Waals surface area (Å²) in [5.41, 5.74) is 1.73. The highest BCUT2D eigenvalue weighted by molar-refractivity contribution is 5.24. The molecule has 0 spiro atoms. The molecule has 14 heavy (non-hydrogen) atoms. The minimum Gasteiger partial charge on any atom is -0.306 e. The van der Waals surface area contributed by atoms with Gasteiger partial charge in [-0.15, -0.1) is 0 Å². The average molecular weight is 199 g/mol. The number of hydrogen-bond acceptors (Lipinski definition) is 1. The van der Waals surface area contributed by atoms with Gasteiger partial charge in [-0.2, -0.15) is 0 Å². The van der Waals surface area contributed by atoms with Crippen LogP contribution in [0.1, 0.15) is 24.1 Å². The van der Waals surface area contributed by atoms with Gasteiger partial charge < -0.3 is 5.32 Å². The Labute approximate surface area is 83.1 Å². The fourth-order valence-corrected chi connectivity index (χ4v) is 1.35. The van der Waals surface area contributed by atoms with Crippen LogP contribution >= 0.6 is 0 Å². The van der Waals surface area contributed by atoms with Crippen molar-refractivity contribution in [1.82, 2.24) is 5.32 Å². The van der Waals surface area contributed by atoms with Crippen molar-refractivity contribution in [3.8, 4) is 0 Å². The molecule has 0 aliphatic rings. The molecule has 1 aromatic carbocycles. The summed E-state index contributed by atoms with van der Waals surface area (Å²) in [6, 6.07) is 6.34. The van der Waals surface area contributed by atoms with E-state index in [0.717, 1.165) is 5.56 Å². The highest BCUT2D eigenvalue weighted by Gasteiger charge is 2.20. The second-order valence-corrected chi connectivity index (χ2v) is 3.28. The summed E-state index contributed by atoms with van der Waals surface area (Å²) >= 11 is 0. The van der Waals surface area contributed by atoms with Crippen molar-refractivity contribution in [1.29, 1.82) is 0 Å². The number of aryl methyl sites for hydroxylation is 1. The minimum absolute atomic E-state index is 0.545. The summed E-state index contributed by atoms with van der Waals surface area (Å²) in [5.74, 6) is 0. The molecule has 1 rings (SSSR count). The molecule has 1 nitrogen and oxygen atoms in total. The number of rotatable bonds is 4. The predicted octanol–water partition coefficient (Wildman–Crippen LogP) is 2.91. The van der Waals surface area contributed by atoms with Crippen LogP contribution in [0.3, 0.4) is 0 Å². The Kier molecular flexibility index (Phi) is 4.01. The van der Waals surface area contributed by atoms with Crippen molar-refractivity contribution in [2.75, 3.05) is 6.54 Å². The molecule has 1 aromatic rings. The Balaban J connectivity index is 2.82. The van der Waals surface area contributed by atoms with Crippen molar-refractivity contribution >= 4 is 0 Å². The lowest BCUT2D eigenvalue weighted by Crippen LogP contribution is -2.26. The van der Waals surface area contributed by atoms with E-state index in [1.807, 2.05) is 26.0 Å². The zero-order valence-corrected chi connectivity index (χ0v) is 8.43. The SMILES string of the molecule is CCNC(c1ccc(C)cc1)C(F)F. The van der Waals surface area contributed by atoms with Gasteiger partial charge in [0.05, 0.1) is 6.04 Å². The largest absolute Gasteiger partial charge is 0.306 e. The number of nitrogens with one attached hydrogen (secondary N) is 1. The summed E-state index contributed by atoms with van der Waals surface area (Å²) in [4.78, 5) is 0. The van der Waals surface area contributed by atoms with Gasteiger partial charge >= 0.3 is 0 Å². The van der Waals surface area contributed by atoms with Crippen LogP contribution in [0.5, 0.6) is 0 Å². The fourth-order valence-electron chi connectivity index (χ4n) is 1.35. The second-order valence-electron chi connectivity index (χ2n) is 3.28. The standard InChI is InChI=1S/C11H15F2N/c1-3-14-10(11(12)13)9-6-4-8(2)5-7-9/h4-7,10-11,14H,3H2,1-2H3. The first-order valence-corrected chi connectivity index (χ1v) is 4.73. The van der Waals surface area contributed by atoms with Gasteiger partial charge in [0.25, 0.3) is 6.43 Å². The van der Waals surface area contributed by atoms with Gasteiger partial charge in [0.15, 0.2) is 0 Å². The number of halogens is 2. The predicted molar refractivity (Wildman–Crippen MR) is 53.6 cm³/mol. The first-order chi connectivity index (χ1) is 6.65. The highest BCUT2D eigenvalue weighted by Crippen LogP contribution is 2.20. The van der Waals surface area contributed by atoms with Crippen LogP contribution < -0.4 is 5.32 Å². The molecule has 0 aliphatic heterocycles. The van der Waals surface area contributed by atoms with Crippen molar-refractivity contribution in [3.05, 3.63) is 35.4 Å². The average Bonchev–Trinajstić information content (AvgIpc) is 2.15. The Morgan fingerprint density at radius 2 is 1.79 bits per heavy atom. The molecule has 1 atom stereocenters. The maximum Gasteiger partial charge on any atom is 0.257 e. The smallest absolute Gasteiger partial charge is 0.257 e. The van der Waals surface area contributed by atoms with E-state index in [1.54, 1.807) is 12.1 Å². The maximum absolute atomic E-state index is 12.6. The Hall–Kier alpha value is -0.960. The molecule has 0 aromatic heterocycles. The van der Waals surface area contributed by atoms with Crippen LogP contribution in [-0.4, -0.2) is 13.0 Å². The van der Waals surface area contributed by atoms with Crippen molar-refractivity contribution in [2.45, 2.75) is 26.3 Å². The second kappa shape index (κ2) is 5.05. The summed E-state index contributed by atoms with van der Waals surface area (Å²) in [5, 5.41) is 2.77. The Morgan fingerprint density at radius 1 is 1.21 bits per heavy atom. The van der Waals surface area contributed by atoms with Gasteiger partial charge in [-0.05, 0) is 19.0 Å². The third-order valence-corrected chi connectivity index (χ3v) is 2.11. The monoisotopic (exact) mass is 199 g/mol. The van der Waals surface area contributed by atoms with Crippen molar-refractivity contribution < 1.29 is 8.78 Å². The fraction of sp³-hybridized carbons (Fsp3) is 0.455. The molecule has 78 valence electrons. The summed E-state index contributed by atoms with van der Waals surface area (Å²) in [6.07, 6.45) is -2.36. The van der Waals surface area contributed by atoms with Crippen LogP contribution in [0.2, 0.25) is 0 Å². The van der Waals surface area contributed by atoms with Crippen LogP contribution in [0.15, 0.2) is 24.3 Å². The zero-order chi connectivity index (χ0) is 10.6. The van der Waals surface area contributed by atoms with Gasteiger partial charge in [-0.25, -0.2) is 8.78 Å². The van der Waals surface area contributed by atoms with Crippen molar-refractivity contribution in [3.63, 3.8) is 0 Å². The quantitative estimate of drug-likeness (QED) is 0.786. The van der Waals surface area contributed by atoms with E-state index in [0.29, 0.717) is 12.1 Å². The molecule has 0 amide bonds. The topological polar surface area (TPSA) is 12.0 Å². The van der Waals surface area contributed by atoms with E-state index in [9.17, 15) is 8.78 Å². The van der Waals surface area contributed by atoms with Gasteiger partial charge in [0.1, 0.15) is 0 Å². The maximum atomic E-state index is 12.6.